The van der Waals surface area contributed by atoms with Gasteiger partial charge in [-0.05, 0) is 31.4 Å². The lowest BCUT2D eigenvalue weighted by Crippen LogP contribution is -2.35. The molecule has 1 aliphatic carbocycles. The largest absolute Gasteiger partial charge is 0.386 e. The smallest absolute Gasteiger partial charge is 0.262 e. The Morgan fingerprint density at radius 1 is 1.47 bits per heavy atom. The zero-order valence-corrected chi connectivity index (χ0v) is 12.3. The number of anilines is 1. The molecule has 0 aromatic carbocycles. The van der Waals surface area contributed by atoms with Crippen molar-refractivity contribution in [2.75, 3.05) is 18.9 Å². The average Bonchev–Trinajstić information content (AvgIpc) is 3.23. The van der Waals surface area contributed by atoms with Crippen molar-refractivity contribution >= 4 is 15.7 Å². The molecule has 0 atom stereocenters. The molecule has 1 aromatic heterocycles. The Balaban J connectivity index is 2.33. The average molecular weight is 283 g/mol. The third-order valence-electron chi connectivity index (χ3n) is 3.28. The minimum Gasteiger partial charge on any atom is -0.386 e. The first-order valence-electron chi connectivity index (χ1n) is 6.76. The molecule has 1 aliphatic rings. The molecule has 19 heavy (non-hydrogen) atoms. The van der Waals surface area contributed by atoms with E-state index in [2.05, 4.69) is 17.2 Å². The minimum absolute atomic E-state index is 0.139. The molecule has 0 aliphatic heterocycles. The van der Waals surface area contributed by atoms with Gasteiger partial charge in [-0.2, -0.15) is 4.31 Å². The first-order chi connectivity index (χ1) is 9.11. The first kappa shape index (κ1) is 14.3. The molecule has 0 saturated heterocycles. The van der Waals surface area contributed by atoms with Crippen LogP contribution in [0.15, 0.2) is 23.4 Å². The molecule has 6 heteroatoms. The number of aromatic nitrogens is 1. The van der Waals surface area contributed by atoms with Gasteiger partial charge in [-0.1, -0.05) is 13.3 Å². The molecule has 106 valence electrons. The van der Waals surface area contributed by atoms with E-state index in [0.717, 1.165) is 25.7 Å². The second-order valence-electron chi connectivity index (χ2n) is 4.81. The Morgan fingerprint density at radius 2 is 2.21 bits per heavy atom. The van der Waals surface area contributed by atoms with Crippen LogP contribution in [-0.4, -0.2) is 37.3 Å². The van der Waals surface area contributed by atoms with Crippen LogP contribution in [0.3, 0.4) is 0 Å². The molecule has 0 radical (unpaired) electrons. The molecular weight excluding hydrogens is 262 g/mol. The highest BCUT2D eigenvalue weighted by atomic mass is 32.2. The summed E-state index contributed by atoms with van der Waals surface area (Å²) in [5.74, 6) is 0. The standard InChI is InChI=1S/C13H21N3O2S/c1-3-4-10-16(11-7-8-11)19(17,18)13-12(14-2)6-5-9-15-13/h5-6,9,11,14H,3-4,7-8,10H2,1-2H3. The fourth-order valence-electron chi connectivity index (χ4n) is 2.07. The van der Waals surface area contributed by atoms with Crippen molar-refractivity contribution in [3.05, 3.63) is 18.3 Å². The summed E-state index contributed by atoms with van der Waals surface area (Å²) >= 11 is 0. The van der Waals surface area contributed by atoms with Crippen LogP contribution in [0.1, 0.15) is 32.6 Å². The third-order valence-corrected chi connectivity index (χ3v) is 5.19. The fraction of sp³-hybridized carbons (Fsp3) is 0.615. The lowest BCUT2D eigenvalue weighted by Gasteiger charge is -2.22. The van der Waals surface area contributed by atoms with Gasteiger partial charge in [0, 0.05) is 25.8 Å². The summed E-state index contributed by atoms with van der Waals surface area (Å²) in [6.45, 7) is 2.65. The van der Waals surface area contributed by atoms with Crippen LogP contribution in [0.2, 0.25) is 0 Å². The predicted molar refractivity (Wildman–Crippen MR) is 75.6 cm³/mol. The Kier molecular flexibility index (Phi) is 4.42. The molecule has 1 fully saturated rings. The number of hydrogen-bond donors (Lipinski definition) is 1. The van der Waals surface area contributed by atoms with E-state index in [-0.39, 0.29) is 11.1 Å². The van der Waals surface area contributed by atoms with Crippen LogP contribution in [0.5, 0.6) is 0 Å². The molecule has 5 nitrogen and oxygen atoms in total. The lowest BCUT2D eigenvalue weighted by atomic mass is 10.3. The maximum absolute atomic E-state index is 12.7. The Hall–Kier alpha value is -1.14. The van der Waals surface area contributed by atoms with Crippen molar-refractivity contribution < 1.29 is 8.42 Å². The van der Waals surface area contributed by atoms with Crippen LogP contribution in [0.4, 0.5) is 5.69 Å². The highest BCUT2D eigenvalue weighted by Crippen LogP contribution is 2.33. The summed E-state index contributed by atoms with van der Waals surface area (Å²) in [4.78, 5) is 4.07. The van der Waals surface area contributed by atoms with E-state index in [1.165, 1.54) is 6.20 Å². The normalized spacial score (nSPS) is 15.7. The van der Waals surface area contributed by atoms with Crippen LogP contribution in [0.25, 0.3) is 0 Å². The van der Waals surface area contributed by atoms with Crippen LogP contribution in [0, 0.1) is 0 Å². The van der Waals surface area contributed by atoms with Gasteiger partial charge < -0.3 is 5.32 Å². The Bertz CT molecular complexity index is 526. The van der Waals surface area contributed by atoms with Crippen molar-refractivity contribution in [3.63, 3.8) is 0 Å². The molecule has 2 rings (SSSR count). The summed E-state index contributed by atoms with van der Waals surface area (Å²) in [6.07, 6.45) is 5.32. The molecule has 1 N–H and O–H groups in total. The predicted octanol–water partition coefficient (Wildman–Crippen LogP) is 2.08. The number of sulfonamides is 1. The number of pyridine rings is 1. The van der Waals surface area contributed by atoms with Crippen LogP contribution >= 0.6 is 0 Å². The van der Waals surface area contributed by atoms with Gasteiger partial charge in [-0.3, -0.25) is 0 Å². The summed E-state index contributed by atoms with van der Waals surface area (Å²) in [5, 5.41) is 3.04. The first-order valence-corrected chi connectivity index (χ1v) is 8.20. The molecule has 0 unspecified atom stereocenters. The molecule has 0 spiro atoms. The SMILES string of the molecule is CCCCN(C1CC1)S(=O)(=O)c1ncccc1NC. The van der Waals surface area contributed by atoms with Crippen molar-refractivity contribution in [2.45, 2.75) is 43.7 Å². The van der Waals surface area contributed by atoms with E-state index in [1.807, 2.05) is 0 Å². The second-order valence-corrected chi connectivity index (χ2v) is 6.61. The highest BCUT2D eigenvalue weighted by Gasteiger charge is 2.39. The number of nitrogens with zero attached hydrogens (tertiary/aromatic N) is 2. The van der Waals surface area contributed by atoms with E-state index in [4.69, 9.17) is 0 Å². The molecule has 1 aromatic rings. The van der Waals surface area contributed by atoms with E-state index in [0.29, 0.717) is 12.2 Å². The number of rotatable bonds is 7. The van der Waals surface area contributed by atoms with E-state index < -0.39 is 10.0 Å². The zero-order valence-electron chi connectivity index (χ0n) is 11.5. The van der Waals surface area contributed by atoms with Gasteiger partial charge in [0.1, 0.15) is 0 Å². The van der Waals surface area contributed by atoms with Gasteiger partial charge in [0.15, 0.2) is 5.03 Å². The molecule has 0 bridgehead atoms. The van der Waals surface area contributed by atoms with Gasteiger partial charge in [0.2, 0.25) is 0 Å². The van der Waals surface area contributed by atoms with E-state index in [1.54, 1.807) is 23.5 Å². The van der Waals surface area contributed by atoms with Gasteiger partial charge in [0.05, 0.1) is 5.69 Å². The summed E-state index contributed by atoms with van der Waals surface area (Å²) in [5.41, 5.74) is 0.560. The summed E-state index contributed by atoms with van der Waals surface area (Å²) in [6, 6.07) is 3.65. The molecule has 1 heterocycles. The fourth-order valence-corrected chi connectivity index (χ4v) is 3.91. The summed E-state index contributed by atoms with van der Waals surface area (Å²) < 4.78 is 27.1. The second kappa shape index (κ2) is 5.88. The molecule has 1 saturated carbocycles. The van der Waals surface area contributed by atoms with Gasteiger partial charge in [0.25, 0.3) is 10.0 Å². The third kappa shape index (κ3) is 3.06. The minimum atomic E-state index is -3.49. The summed E-state index contributed by atoms with van der Waals surface area (Å²) in [7, 11) is -1.78. The lowest BCUT2D eigenvalue weighted by molar-refractivity contribution is 0.394. The molecular formula is C13H21N3O2S. The van der Waals surface area contributed by atoms with Crippen molar-refractivity contribution in [1.82, 2.24) is 9.29 Å². The van der Waals surface area contributed by atoms with Crippen molar-refractivity contribution in [1.29, 1.82) is 0 Å². The van der Waals surface area contributed by atoms with Crippen molar-refractivity contribution in [3.8, 4) is 0 Å². The van der Waals surface area contributed by atoms with Crippen LogP contribution < -0.4 is 5.32 Å². The Morgan fingerprint density at radius 3 is 2.79 bits per heavy atom. The van der Waals surface area contributed by atoms with Crippen molar-refractivity contribution in [2.24, 2.45) is 0 Å². The zero-order chi connectivity index (χ0) is 13.9. The monoisotopic (exact) mass is 283 g/mol. The van der Waals surface area contributed by atoms with Crippen LogP contribution in [-0.2, 0) is 10.0 Å². The Labute approximate surface area is 115 Å². The maximum atomic E-state index is 12.7. The highest BCUT2D eigenvalue weighted by molar-refractivity contribution is 7.89. The van der Waals surface area contributed by atoms with Gasteiger partial charge >= 0.3 is 0 Å². The number of nitrogens with one attached hydrogen (secondary N) is 1. The molecule has 0 amide bonds. The van der Waals surface area contributed by atoms with E-state index in [9.17, 15) is 8.42 Å². The topological polar surface area (TPSA) is 62.3 Å². The number of unbranched alkanes of at least 4 members (excludes halogenated alkanes) is 1. The van der Waals surface area contributed by atoms with Gasteiger partial charge in [-0.25, -0.2) is 13.4 Å². The van der Waals surface area contributed by atoms with Gasteiger partial charge in [-0.15, -0.1) is 0 Å². The quantitative estimate of drug-likeness (QED) is 0.832. The van der Waals surface area contributed by atoms with E-state index >= 15 is 0 Å². The number of hydrogen-bond acceptors (Lipinski definition) is 4. The maximum Gasteiger partial charge on any atom is 0.262 e.